The molecule has 3 heterocycles. The molecule has 5 rings (SSSR count). The van der Waals surface area contributed by atoms with Crippen LogP contribution in [0, 0.1) is 5.82 Å². The predicted molar refractivity (Wildman–Crippen MR) is 114 cm³/mol. The maximum atomic E-state index is 14.1. The van der Waals surface area contributed by atoms with Crippen LogP contribution in [0.2, 0.25) is 0 Å². The molecule has 0 unspecified atom stereocenters. The Labute approximate surface area is 216 Å². The SMILES string of the molecule is C[n+]1c2ccccc2nc2c1c1cc(F)ccc1n2CC[N+]1(C)CCCCC1.O.[I-].[I-]. The minimum Gasteiger partial charge on any atom is -1.00 e. The van der Waals surface area contributed by atoms with Crippen molar-refractivity contribution in [3.63, 3.8) is 0 Å². The topological polar surface area (TPSA) is 53.2 Å². The lowest BCUT2D eigenvalue weighted by atomic mass is 10.1. The average molecular weight is 650 g/mol. The molecule has 1 aliphatic rings. The molecule has 2 aromatic carbocycles. The average Bonchev–Trinajstić information content (AvgIpc) is 3.00. The van der Waals surface area contributed by atoms with Gasteiger partial charge in [0.05, 0.1) is 44.1 Å². The van der Waals surface area contributed by atoms with Crippen molar-refractivity contribution in [1.29, 1.82) is 0 Å². The van der Waals surface area contributed by atoms with E-state index in [0.717, 1.165) is 50.7 Å². The van der Waals surface area contributed by atoms with E-state index in [2.05, 4.69) is 35.4 Å². The maximum absolute atomic E-state index is 14.1. The number of aromatic nitrogens is 3. The Kier molecular flexibility index (Phi) is 8.62. The number of likely N-dealkylation sites (N-methyl/N-ethyl adjacent to an activating group) is 1. The molecule has 1 fully saturated rings. The predicted octanol–water partition coefficient (Wildman–Crippen LogP) is -2.88. The summed E-state index contributed by atoms with van der Waals surface area (Å²) in [5.41, 5.74) is 5.06. The summed E-state index contributed by atoms with van der Waals surface area (Å²) in [5.74, 6) is -0.199. The molecule has 0 aliphatic carbocycles. The van der Waals surface area contributed by atoms with E-state index in [0.29, 0.717) is 0 Å². The molecule has 31 heavy (non-hydrogen) atoms. The minimum absolute atomic E-state index is 0. The molecule has 0 bridgehead atoms. The Morgan fingerprint density at radius 2 is 1.77 bits per heavy atom. The Morgan fingerprint density at radius 1 is 1.06 bits per heavy atom. The number of quaternary nitrogens is 1. The molecule has 0 amide bonds. The van der Waals surface area contributed by atoms with Gasteiger partial charge in [0, 0.05) is 6.07 Å². The standard InChI is InChI=1S/C23H27FN4.2HI.H2O/c1-26-21-9-5-4-8-19(21)25-23-22(26)18-16-17(24)10-11-20(18)27(23)12-15-28(2)13-6-3-7-14-28;;;/h4-5,8-11,16H,3,6-7,12-15H2,1-2H3;2*1H;1H2/q+2;;;/p-2. The summed E-state index contributed by atoms with van der Waals surface area (Å²) >= 11 is 0. The van der Waals surface area contributed by atoms with E-state index in [-0.39, 0.29) is 59.2 Å². The molecule has 4 aromatic rings. The number of para-hydroxylation sites is 2. The van der Waals surface area contributed by atoms with Crippen LogP contribution in [-0.4, -0.2) is 46.2 Å². The number of nitrogens with zero attached hydrogens (tertiary/aromatic N) is 4. The molecule has 1 aliphatic heterocycles. The van der Waals surface area contributed by atoms with Crippen molar-refractivity contribution in [2.45, 2.75) is 25.8 Å². The summed E-state index contributed by atoms with van der Waals surface area (Å²) in [7, 11) is 4.43. The van der Waals surface area contributed by atoms with Crippen molar-refractivity contribution in [2.75, 3.05) is 26.7 Å². The number of hydrogen-bond donors (Lipinski definition) is 0. The van der Waals surface area contributed by atoms with Gasteiger partial charge in [-0.2, -0.15) is 4.57 Å². The molecular weight excluding hydrogens is 621 g/mol. The number of hydrogen-bond acceptors (Lipinski definition) is 1. The van der Waals surface area contributed by atoms with Gasteiger partial charge < -0.3 is 62.5 Å². The van der Waals surface area contributed by atoms with Crippen molar-refractivity contribution in [3.05, 3.63) is 48.3 Å². The van der Waals surface area contributed by atoms with E-state index >= 15 is 0 Å². The van der Waals surface area contributed by atoms with E-state index in [9.17, 15) is 4.39 Å². The first-order valence-corrected chi connectivity index (χ1v) is 10.3. The van der Waals surface area contributed by atoms with Gasteiger partial charge in [0.15, 0.2) is 0 Å². The fourth-order valence-corrected chi connectivity index (χ4v) is 4.88. The van der Waals surface area contributed by atoms with Gasteiger partial charge in [-0.1, -0.05) is 12.1 Å². The van der Waals surface area contributed by atoms with Gasteiger partial charge in [-0.25, -0.2) is 9.37 Å². The van der Waals surface area contributed by atoms with Crippen LogP contribution in [0.5, 0.6) is 0 Å². The molecule has 0 spiro atoms. The zero-order valence-corrected chi connectivity index (χ0v) is 22.2. The van der Waals surface area contributed by atoms with Crippen LogP contribution in [-0.2, 0) is 13.6 Å². The summed E-state index contributed by atoms with van der Waals surface area (Å²) < 4.78 is 19.7. The third kappa shape index (κ3) is 4.67. The normalized spacial score (nSPS) is 15.3. The first-order chi connectivity index (χ1) is 13.6. The van der Waals surface area contributed by atoms with Gasteiger partial charge in [-0.15, -0.1) is 0 Å². The van der Waals surface area contributed by atoms with Crippen molar-refractivity contribution < 1.29 is 66.9 Å². The van der Waals surface area contributed by atoms with Crippen LogP contribution in [0.4, 0.5) is 4.39 Å². The molecule has 2 aromatic heterocycles. The van der Waals surface area contributed by atoms with Gasteiger partial charge in [0.1, 0.15) is 18.4 Å². The first-order valence-electron chi connectivity index (χ1n) is 10.3. The second-order valence-corrected chi connectivity index (χ2v) is 8.50. The Balaban J connectivity index is 0.00000114. The summed E-state index contributed by atoms with van der Waals surface area (Å²) in [4.78, 5) is 5.00. The Morgan fingerprint density at radius 3 is 2.52 bits per heavy atom. The fourth-order valence-electron chi connectivity index (χ4n) is 4.88. The Bertz CT molecular complexity index is 1200. The van der Waals surface area contributed by atoms with Crippen molar-refractivity contribution in [1.82, 2.24) is 9.55 Å². The maximum Gasteiger partial charge on any atom is 0.258 e. The lowest BCUT2D eigenvalue weighted by Crippen LogP contribution is -3.00. The number of likely N-dealkylation sites (tertiary alicyclic amines) is 1. The number of benzene rings is 2. The zero-order chi connectivity index (χ0) is 19.3. The lowest BCUT2D eigenvalue weighted by Gasteiger charge is -2.38. The highest BCUT2D eigenvalue weighted by atomic mass is 127. The zero-order valence-electron chi connectivity index (χ0n) is 17.9. The summed E-state index contributed by atoms with van der Waals surface area (Å²) in [6.45, 7) is 4.47. The third-order valence-electron chi connectivity index (χ3n) is 6.54. The molecular formula is C23H29FI2N4O. The van der Waals surface area contributed by atoms with Crippen LogP contribution in [0.25, 0.3) is 33.1 Å². The van der Waals surface area contributed by atoms with Gasteiger partial charge in [-0.3, -0.25) is 0 Å². The number of rotatable bonds is 3. The van der Waals surface area contributed by atoms with Crippen LogP contribution in [0.3, 0.4) is 0 Å². The van der Waals surface area contributed by atoms with Crippen LogP contribution < -0.4 is 52.5 Å². The summed E-state index contributed by atoms with van der Waals surface area (Å²) in [5, 5.41) is 0.942. The van der Waals surface area contributed by atoms with Gasteiger partial charge >= 0.3 is 0 Å². The van der Waals surface area contributed by atoms with E-state index in [1.54, 1.807) is 12.1 Å². The highest BCUT2D eigenvalue weighted by molar-refractivity contribution is 6.03. The first kappa shape index (κ1) is 26.1. The molecule has 1 saturated heterocycles. The minimum atomic E-state index is -0.199. The highest BCUT2D eigenvalue weighted by Gasteiger charge is 2.27. The van der Waals surface area contributed by atoms with E-state index in [4.69, 9.17) is 4.98 Å². The van der Waals surface area contributed by atoms with Crippen LogP contribution in [0.15, 0.2) is 42.5 Å². The van der Waals surface area contributed by atoms with Crippen LogP contribution in [0.1, 0.15) is 19.3 Å². The molecule has 8 heteroatoms. The fraction of sp³-hybridized carbons (Fsp3) is 0.391. The molecule has 5 nitrogen and oxygen atoms in total. The van der Waals surface area contributed by atoms with E-state index < -0.39 is 0 Å². The molecule has 168 valence electrons. The number of aryl methyl sites for hydroxylation is 1. The summed E-state index contributed by atoms with van der Waals surface area (Å²) in [6.07, 6.45) is 3.98. The quantitative estimate of drug-likeness (QED) is 0.134. The molecule has 0 atom stereocenters. The smallest absolute Gasteiger partial charge is 0.258 e. The number of piperidine rings is 1. The van der Waals surface area contributed by atoms with Crippen molar-refractivity contribution >= 4 is 33.1 Å². The third-order valence-corrected chi connectivity index (χ3v) is 6.54. The van der Waals surface area contributed by atoms with Gasteiger partial charge in [0.25, 0.3) is 5.52 Å². The highest BCUT2D eigenvalue weighted by Crippen LogP contribution is 2.28. The van der Waals surface area contributed by atoms with Crippen molar-refractivity contribution in [2.24, 2.45) is 7.05 Å². The van der Waals surface area contributed by atoms with Gasteiger partial charge in [0.2, 0.25) is 11.2 Å². The molecule has 0 saturated carbocycles. The second kappa shape index (κ2) is 10.2. The number of halogens is 3. The monoisotopic (exact) mass is 650 g/mol. The lowest BCUT2D eigenvalue weighted by molar-refractivity contribution is -0.914. The van der Waals surface area contributed by atoms with Crippen molar-refractivity contribution in [3.8, 4) is 0 Å². The number of fused-ring (bicyclic) bond motifs is 4. The van der Waals surface area contributed by atoms with Gasteiger partial charge in [-0.05, 0) is 43.5 Å². The van der Waals surface area contributed by atoms with Crippen LogP contribution >= 0.6 is 0 Å². The van der Waals surface area contributed by atoms with E-state index in [1.165, 1.54) is 32.4 Å². The van der Waals surface area contributed by atoms with E-state index in [1.807, 2.05) is 18.2 Å². The molecule has 0 radical (unpaired) electrons. The summed E-state index contributed by atoms with van der Waals surface area (Å²) in [6, 6.07) is 13.3. The second-order valence-electron chi connectivity index (χ2n) is 8.50. The molecule has 2 N–H and O–H groups in total. The largest absolute Gasteiger partial charge is 1.00 e. The Hall–Kier alpha value is -1.11.